The van der Waals surface area contributed by atoms with Crippen molar-refractivity contribution in [2.45, 2.75) is 6.42 Å². The Morgan fingerprint density at radius 2 is 1.90 bits per heavy atom. The SMILES string of the molecule is O=C(CNc1ccc(Br)cc1)NCCc1cccc(Cl)c1. The summed E-state index contributed by atoms with van der Waals surface area (Å²) in [5.74, 6) is -0.0278. The summed E-state index contributed by atoms with van der Waals surface area (Å²) in [7, 11) is 0. The number of halogens is 2. The molecule has 0 bridgehead atoms. The molecule has 1 amide bonds. The van der Waals surface area contributed by atoms with E-state index in [4.69, 9.17) is 11.6 Å². The standard InChI is InChI=1S/C16H16BrClN2O/c17-13-4-6-15(7-5-13)20-11-16(21)19-9-8-12-2-1-3-14(18)10-12/h1-7,10,20H,8-9,11H2,(H,19,21). The molecule has 0 saturated heterocycles. The van der Waals surface area contributed by atoms with E-state index in [0.29, 0.717) is 6.54 Å². The fourth-order valence-electron chi connectivity index (χ4n) is 1.85. The molecule has 0 heterocycles. The van der Waals surface area contributed by atoms with Crippen molar-refractivity contribution in [2.75, 3.05) is 18.4 Å². The Morgan fingerprint density at radius 3 is 2.62 bits per heavy atom. The molecule has 3 nitrogen and oxygen atoms in total. The van der Waals surface area contributed by atoms with Crippen molar-refractivity contribution in [1.29, 1.82) is 0 Å². The van der Waals surface area contributed by atoms with E-state index in [1.807, 2.05) is 48.5 Å². The second-order valence-electron chi connectivity index (χ2n) is 4.59. The largest absolute Gasteiger partial charge is 0.376 e. The van der Waals surface area contributed by atoms with Crippen LogP contribution < -0.4 is 10.6 Å². The van der Waals surface area contributed by atoms with E-state index in [0.717, 1.165) is 27.2 Å². The zero-order valence-electron chi connectivity index (χ0n) is 11.4. The van der Waals surface area contributed by atoms with Crippen LogP contribution in [-0.2, 0) is 11.2 Å². The van der Waals surface area contributed by atoms with E-state index in [9.17, 15) is 4.79 Å². The molecule has 21 heavy (non-hydrogen) atoms. The van der Waals surface area contributed by atoms with E-state index in [1.54, 1.807) is 0 Å². The van der Waals surface area contributed by atoms with Crippen molar-refractivity contribution in [3.05, 3.63) is 63.6 Å². The molecule has 0 atom stereocenters. The monoisotopic (exact) mass is 366 g/mol. The maximum absolute atomic E-state index is 11.7. The normalized spacial score (nSPS) is 10.2. The van der Waals surface area contributed by atoms with Crippen LogP contribution in [-0.4, -0.2) is 19.0 Å². The van der Waals surface area contributed by atoms with Gasteiger partial charge in [0.2, 0.25) is 5.91 Å². The Hall–Kier alpha value is -1.52. The number of amides is 1. The van der Waals surface area contributed by atoms with Crippen molar-refractivity contribution in [1.82, 2.24) is 5.32 Å². The summed E-state index contributed by atoms with van der Waals surface area (Å²) in [5.41, 5.74) is 2.03. The maximum atomic E-state index is 11.7. The molecule has 0 aliphatic rings. The quantitative estimate of drug-likeness (QED) is 0.813. The molecule has 110 valence electrons. The smallest absolute Gasteiger partial charge is 0.239 e. The fraction of sp³-hybridized carbons (Fsp3) is 0.188. The van der Waals surface area contributed by atoms with Crippen LogP contribution in [0.3, 0.4) is 0 Å². The molecule has 2 aromatic carbocycles. The third kappa shape index (κ3) is 5.78. The average molecular weight is 368 g/mol. The van der Waals surface area contributed by atoms with Gasteiger partial charge in [0, 0.05) is 21.7 Å². The van der Waals surface area contributed by atoms with E-state index in [-0.39, 0.29) is 12.5 Å². The summed E-state index contributed by atoms with van der Waals surface area (Å²) >= 11 is 9.28. The Bertz CT molecular complexity index is 601. The second kappa shape index (κ2) is 8.05. The highest BCUT2D eigenvalue weighted by Crippen LogP contribution is 2.13. The number of hydrogen-bond acceptors (Lipinski definition) is 2. The highest BCUT2D eigenvalue weighted by Gasteiger charge is 2.01. The molecule has 5 heteroatoms. The molecule has 0 aliphatic heterocycles. The topological polar surface area (TPSA) is 41.1 Å². The molecule has 0 aromatic heterocycles. The predicted molar refractivity (Wildman–Crippen MR) is 90.8 cm³/mol. The first-order valence-electron chi connectivity index (χ1n) is 6.64. The van der Waals surface area contributed by atoms with Crippen LogP contribution >= 0.6 is 27.5 Å². The van der Waals surface area contributed by atoms with Gasteiger partial charge in [0.15, 0.2) is 0 Å². The van der Waals surface area contributed by atoms with Gasteiger partial charge in [0.05, 0.1) is 6.54 Å². The predicted octanol–water partition coefficient (Wildman–Crippen LogP) is 3.87. The molecule has 0 spiro atoms. The number of carbonyl (C=O) groups excluding carboxylic acids is 1. The Labute approximate surface area is 137 Å². The van der Waals surface area contributed by atoms with Crippen molar-refractivity contribution >= 4 is 39.1 Å². The van der Waals surface area contributed by atoms with E-state index < -0.39 is 0 Å². The molecule has 0 aliphatic carbocycles. The fourth-order valence-corrected chi connectivity index (χ4v) is 2.33. The first-order chi connectivity index (χ1) is 10.1. The van der Waals surface area contributed by atoms with Gasteiger partial charge in [-0.15, -0.1) is 0 Å². The van der Waals surface area contributed by atoms with Gasteiger partial charge >= 0.3 is 0 Å². The molecule has 2 rings (SSSR count). The van der Waals surface area contributed by atoms with Gasteiger partial charge in [-0.3, -0.25) is 4.79 Å². The summed E-state index contributed by atoms with van der Waals surface area (Å²) in [6.45, 7) is 0.859. The summed E-state index contributed by atoms with van der Waals surface area (Å²) in [5, 5.41) is 6.67. The van der Waals surface area contributed by atoms with Gasteiger partial charge in [0.25, 0.3) is 0 Å². The highest BCUT2D eigenvalue weighted by atomic mass is 79.9. The lowest BCUT2D eigenvalue weighted by Crippen LogP contribution is -2.31. The van der Waals surface area contributed by atoms with Crippen LogP contribution in [0.25, 0.3) is 0 Å². The Kier molecular flexibility index (Phi) is 6.08. The summed E-state index contributed by atoms with van der Waals surface area (Å²) in [4.78, 5) is 11.7. The van der Waals surface area contributed by atoms with E-state index in [2.05, 4.69) is 26.6 Å². The third-order valence-corrected chi connectivity index (χ3v) is 3.69. The maximum Gasteiger partial charge on any atom is 0.239 e. The molecular formula is C16H16BrClN2O. The minimum absolute atomic E-state index is 0.0278. The van der Waals surface area contributed by atoms with Crippen LogP contribution in [0, 0.1) is 0 Å². The zero-order chi connectivity index (χ0) is 15.1. The molecule has 0 saturated carbocycles. The minimum Gasteiger partial charge on any atom is -0.376 e. The first-order valence-corrected chi connectivity index (χ1v) is 7.81. The molecule has 2 aromatic rings. The van der Waals surface area contributed by atoms with Crippen LogP contribution in [0.4, 0.5) is 5.69 Å². The van der Waals surface area contributed by atoms with Crippen molar-refractivity contribution in [3.8, 4) is 0 Å². The molecule has 2 N–H and O–H groups in total. The number of anilines is 1. The van der Waals surface area contributed by atoms with Crippen LogP contribution in [0.5, 0.6) is 0 Å². The van der Waals surface area contributed by atoms with Crippen molar-refractivity contribution < 1.29 is 4.79 Å². The van der Waals surface area contributed by atoms with Crippen molar-refractivity contribution in [2.24, 2.45) is 0 Å². The summed E-state index contributed by atoms with van der Waals surface area (Å²) < 4.78 is 1.01. The van der Waals surface area contributed by atoms with Gasteiger partial charge in [0.1, 0.15) is 0 Å². The van der Waals surface area contributed by atoms with E-state index >= 15 is 0 Å². The molecule has 0 unspecified atom stereocenters. The lowest BCUT2D eigenvalue weighted by Gasteiger charge is -2.08. The van der Waals surface area contributed by atoms with Crippen molar-refractivity contribution in [3.63, 3.8) is 0 Å². The number of hydrogen-bond donors (Lipinski definition) is 2. The summed E-state index contributed by atoms with van der Waals surface area (Å²) in [6.07, 6.45) is 0.768. The van der Waals surface area contributed by atoms with Gasteiger partial charge in [-0.05, 0) is 48.4 Å². The zero-order valence-corrected chi connectivity index (χ0v) is 13.7. The number of nitrogens with one attached hydrogen (secondary N) is 2. The summed E-state index contributed by atoms with van der Waals surface area (Å²) in [6, 6.07) is 15.4. The Balaban J connectivity index is 1.69. The number of carbonyl (C=O) groups is 1. The van der Waals surface area contributed by atoms with Crippen LogP contribution in [0.2, 0.25) is 5.02 Å². The number of benzene rings is 2. The lowest BCUT2D eigenvalue weighted by atomic mass is 10.1. The van der Waals surface area contributed by atoms with Crippen LogP contribution in [0.1, 0.15) is 5.56 Å². The molecule has 0 fully saturated rings. The first kappa shape index (κ1) is 15.9. The van der Waals surface area contributed by atoms with Gasteiger partial charge < -0.3 is 10.6 Å². The molecule has 0 radical (unpaired) electrons. The van der Waals surface area contributed by atoms with Crippen LogP contribution in [0.15, 0.2) is 53.0 Å². The van der Waals surface area contributed by atoms with Gasteiger partial charge in [-0.25, -0.2) is 0 Å². The third-order valence-electron chi connectivity index (χ3n) is 2.92. The minimum atomic E-state index is -0.0278. The van der Waals surface area contributed by atoms with E-state index in [1.165, 1.54) is 0 Å². The molecular weight excluding hydrogens is 352 g/mol. The second-order valence-corrected chi connectivity index (χ2v) is 5.94. The number of rotatable bonds is 6. The lowest BCUT2D eigenvalue weighted by molar-refractivity contribution is -0.119. The Morgan fingerprint density at radius 1 is 1.14 bits per heavy atom. The highest BCUT2D eigenvalue weighted by molar-refractivity contribution is 9.10. The van der Waals surface area contributed by atoms with Gasteiger partial charge in [-0.1, -0.05) is 39.7 Å². The average Bonchev–Trinajstić information content (AvgIpc) is 2.47. The van der Waals surface area contributed by atoms with Gasteiger partial charge in [-0.2, -0.15) is 0 Å².